The van der Waals surface area contributed by atoms with Gasteiger partial charge in [0.1, 0.15) is 10.8 Å². The van der Waals surface area contributed by atoms with Crippen LogP contribution in [0.1, 0.15) is 25.0 Å². The van der Waals surface area contributed by atoms with Crippen molar-refractivity contribution in [3.8, 4) is 0 Å². The molecule has 0 atom stereocenters. The molecule has 0 saturated heterocycles. The molecule has 1 rings (SSSR count). The summed E-state index contributed by atoms with van der Waals surface area (Å²) in [6.45, 7) is 10.3. The smallest absolute Gasteiger partial charge is 0.136 e. The van der Waals surface area contributed by atoms with Crippen LogP contribution in [0.3, 0.4) is 0 Å². The molecule has 0 aromatic carbocycles. The number of anilines is 1. The van der Waals surface area contributed by atoms with Crippen molar-refractivity contribution in [3.63, 3.8) is 0 Å². The third-order valence-electron chi connectivity index (χ3n) is 3.02. The highest BCUT2D eigenvalue weighted by Crippen LogP contribution is 2.16. The first-order valence-electron chi connectivity index (χ1n) is 6.31. The molecule has 1 heterocycles. The summed E-state index contributed by atoms with van der Waals surface area (Å²) in [6, 6.07) is 1.92. The fraction of sp³-hybridized carbons (Fsp3) is 0.538. The minimum atomic E-state index is 0.394. The van der Waals surface area contributed by atoms with Gasteiger partial charge in [0, 0.05) is 19.3 Å². The Kier molecular flexibility index (Phi) is 6.01. The largest absolute Gasteiger partial charge is 0.389 e. The fourth-order valence-corrected chi connectivity index (χ4v) is 2.13. The topological polar surface area (TPSA) is 54.2 Å². The van der Waals surface area contributed by atoms with Gasteiger partial charge in [-0.15, -0.1) is 0 Å². The summed E-state index contributed by atoms with van der Waals surface area (Å²) in [5, 5.41) is 3.31. The average Bonchev–Trinajstić information content (AvgIpc) is 2.34. The van der Waals surface area contributed by atoms with E-state index in [1.165, 1.54) is 0 Å². The number of hydrogen-bond acceptors (Lipinski definition) is 4. The molecule has 0 bridgehead atoms. The third kappa shape index (κ3) is 3.92. The van der Waals surface area contributed by atoms with E-state index >= 15 is 0 Å². The third-order valence-corrected chi connectivity index (χ3v) is 3.22. The predicted octanol–water partition coefficient (Wildman–Crippen LogP) is 1.78. The Bertz CT molecular complexity index is 402. The second-order valence-corrected chi connectivity index (χ2v) is 4.61. The SMILES string of the molecule is CCN(CC)CCNc1nccc(C)c1C(N)=S. The number of aromatic nitrogens is 1. The molecule has 4 nitrogen and oxygen atoms in total. The molecule has 0 saturated carbocycles. The summed E-state index contributed by atoms with van der Waals surface area (Å²) in [5.74, 6) is 0.787. The number of nitrogens with two attached hydrogens (primary N) is 1. The van der Waals surface area contributed by atoms with Crippen molar-refractivity contribution < 1.29 is 0 Å². The van der Waals surface area contributed by atoms with Crippen LogP contribution in [-0.2, 0) is 0 Å². The predicted molar refractivity (Wildman–Crippen MR) is 81.1 cm³/mol. The zero-order chi connectivity index (χ0) is 13.5. The molecule has 5 heteroatoms. The molecule has 3 N–H and O–H groups in total. The summed E-state index contributed by atoms with van der Waals surface area (Å²) in [6.07, 6.45) is 1.77. The first-order chi connectivity index (χ1) is 8.60. The van der Waals surface area contributed by atoms with E-state index in [9.17, 15) is 0 Å². The van der Waals surface area contributed by atoms with Crippen LogP contribution < -0.4 is 11.1 Å². The number of nitrogens with zero attached hydrogens (tertiary/aromatic N) is 2. The molecule has 0 unspecified atom stereocenters. The van der Waals surface area contributed by atoms with Crippen molar-refractivity contribution in [2.24, 2.45) is 5.73 Å². The molecule has 100 valence electrons. The molecule has 18 heavy (non-hydrogen) atoms. The van der Waals surface area contributed by atoms with E-state index in [0.29, 0.717) is 4.99 Å². The quantitative estimate of drug-likeness (QED) is 0.737. The van der Waals surface area contributed by atoms with Gasteiger partial charge in [0.25, 0.3) is 0 Å². The lowest BCUT2D eigenvalue weighted by Gasteiger charge is -2.19. The molecule has 0 aliphatic rings. The van der Waals surface area contributed by atoms with Crippen molar-refractivity contribution >= 4 is 23.0 Å². The van der Waals surface area contributed by atoms with E-state index in [-0.39, 0.29) is 0 Å². The van der Waals surface area contributed by atoms with Gasteiger partial charge in [0.05, 0.1) is 5.56 Å². The van der Waals surface area contributed by atoms with Gasteiger partial charge in [0.2, 0.25) is 0 Å². The van der Waals surface area contributed by atoms with E-state index in [0.717, 1.165) is 43.1 Å². The molecule has 1 aromatic rings. The van der Waals surface area contributed by atoms with E-state index in [4.69, 9.17) is 18.0 Å². The molecule has 0 spiro atoms. The van der Waals surface area contributed by atoms with Crippen molar-refractivity contribution in [2.75, 3.05) is 31.5 Å². The van der Waals surface area contributed by atoms with Gasteiger partial charge >= 0.3 is 0 Å². The summed E-state index contributed by atoms with van der Waals surface area (Å²) >= 11 is 5.07. The first-order valence-corrected chi connectivity index (χ1v) is 6.72. The maximum atomic E-state index is 5.74. The van der Waals surface area contributed by atoms with Crippen molar-refractivity contribution in [1.29, 1.82) is 0 Å². The number of hydrogen-bond donors (Lipinski definition) is 2. The van der Waals surface area contributed by atoms with Gasteiger partial charge in [-0.3, -0.25) is 0 Å². The Morgan fingerprint density at radius 1 is 1.44 bits per heavy atom. The summed E-state index contributed by atoms with van der Waals surface area (Å²) in [7, 11) is 0. The van der Waals surface area contributed by atoms with Crippen LogP contribution >= 0.6 is 12.2 Å². The minimum absolute atomic E-state index is 0.394. The molecule has 0 amide bonds. The number of likely N-dealkylation sites (N-methyl/N-ethyl adjacent to an activating group) is 1. The molecule has 0 aliphatic heterocycles. The molecular formula is C13H22N4S. The van der Waals surface area contributed by atoms with Crippen LogP contribution in [0.15, 0.2) is 12.3 Å². The van der Waals surface area contributed by atoms with Crippen molar-refractivity contribution in [1.82, 2.24) is 9.88 Å². The summed E-state index contributed by atoms with van der Waals surface area (Å²) in [5.41, 5.74) is 7.65. The minimum Gasteiger partial charge on any atom is -0.389 e. The van der Waals surface area contributed by atoms with Gasteiger partial charge in [0.15, 0.2) is 0 Å². The zero-order valence-electron chi connectivity index (χ0n) is 11.4. The molecule has 0 fully saturated rings. The van der Waals surface area contributed by atoms with Crippen molar-refractivity contribution in [2.45, 2.75) is 20.8 Å². The standard InChI is InChI=1S/C13H22N4S/c1-4-17(5-2)9-8-16-13-11(12(14)18)10(3)6-7-15-13/h6-7H,4-5,8-9H2,1-3H3,(H2,14,18)(H,15,16). The van der Waals surface area contributed by atoms with Crippen LogP contribution in [0.2, 0.25) is 0 Å². The van der Waals surface area contributed by atoms with Crippen LogP contribution in [0.5, 0.6) is 0 Å². The number of nitrogens with one attached hydrogen (secondary N) is 1. The second-order valence-electron chi connectivity index (χ2n) is 4.17. The van der Waals surface area contributed by atoms with Gasteiger partial charge in [-0.2, -0.15) is 0 Å². The Balaban J connectivity index is 2.67. The highest BCUT2D eigenvalue weighted by atomic mass is 32.1. The number of pyridine rings is 1. The molecular weight excluding hydrogens is 244 g/mol. The van der Waals surface area contributed by atoms with Crippen molar-refractivity contribution in [3.05, 3.63) is 23.4 Å². The lowest BCUT2D eigenvalue weighted by molar-refractivity contribution is 0.316. The number of aryl methyl sites for hydroxylation is 1. The van der Waals surface area contributed by atoms with Gasteiger partial charge in [-0.25, -0.2) is 4.98 Å². The normalized spacial score (nSPS) is 10.7. The Morgan fingerprint density at radius 2 is 2.11 bits per heavy atom. The van der Waals surface area contributed by atoms with Crippen LogP contribution in [0.25, 0.3) is 0 Å². The maximum absolute atomic E-state index is 5.74. The van der Waals surface area contributed by atoms with Crippen LogP contribution in [0, 0.1) is 6.92 Å². The Morgan fingerprint density at radius 3 is 2.67 bits per heavy atom. The van der Waals surface area contributed by atoms with E-state index in [1.54, 1.807) is 6.20 Å². The average molecular weight is 266 g/mol. The monoisotopic (exact) mass is 266 g/mol. The summed E-state index contributed by atoms with van der Waals surface area (Å²) in [4.78, 5) is 7.06. The Labute approximate surface area is 115 Å². The Hall–Kier alpha value is -1.20. The highest BCUT2D eigenvalue weighted by molar-refractivity contribution is 7.80. The number of thiocarbonyl (C=S) groups is 1. The van der Waals surface area contributed by atoms with Crippen LogP contribution in [-0.4, -0.2) is 41.1 Å². The second kappa shape index (κ2) is 7.28. The molecule has 0 aliphatic carbocycles. The lowest BCUT2D eigenvalue weighted by Crippen LogP contribution is -2.29. The summed E-state index contributed by atoms with van der Waals surface area (Å²) < 4.78 is 0. The van der Waals surface area contributed by atoms with Gasteiger partial charge in [-0.05, 0) is 31.6 Å². The van der Waals surface area contributed by atoms with Crippen LogP contribution in [0.4, 0.5) is 5.82 Å². The molecule has 0 radical (unpaired) electrons. The zero-order valence-corrected chi connectivity index (χ0v) is 12.2. The van der Waals surface area contributed by atoms with E-state index < -0.39 is 0 Å². The van der Waals surface area contributed by atoms with E-state index in [2.05, 4.69) is 29.0 Å². The van der Waals surface area contributed by atoms with Gasteiger partial charge in [-0.1, -0.05) is 26.1 Å². The maximum Gasteiger partial charge on any atom is 0.136 e. The molecule has 1 aromatic heterocycles. The van der Waals surface area contributed by atoms with E-state index in [1.807, 2.05) is 13.0 Å². The fourth-order valence-electron chi connectivity index (χ4n) is 1.88. The lowest BCUT2D eigenvalue weighted by atomic mass is 10.1. The number of rotatable bonds is 7. The first kappa shape index (κ1) is 14.9. The highest BCUT2D eigenvalue weighted by Gasteiger charge is 2.09. The van der Waals surface area contributed by atoms with Gasteiger partial charge < -0.3 is 16.0 Å².